The van der Waals surface area contributed by atoms with Crippen molar-refractivity contribution in [3.05, 3.63) is 54.6 Å². The number of alkyl halides is 3. The van der Waals surface area contributed by atoms with Gasteiger partial charge in [0.05, 0.1) is 32.1 Å². The first-order chi connectivity index (χ1) is 20.2. The van der Waals surface area contributed by atoms with Gasteiger partial charge in [0.15, 0.2) is 29.5 Å². The predicted molar refractivity (Wildman–Crippen MR) is 147 cm³/mol. The number of hydrogen-bond donors (Lipinski definition) is 1. The van der Waals surface area contributed by atoms with Crippen LogP contribution in [0.5, 0.6) is 28.7 Å². The lowest BCUT2D eigenvalue weighted by molar-refractivity contribution is -0.153. The zero-order valence-electron chi connectivity index (χ0n) is 23.1. The fourth-order valence-electron chi connectivity index (χ4n) is 4.91. The molecule has 0 aliphatic heterocycles. The first kappa shape index (κ1) is 29.0. The number of halogens is 3. The van der Waals surface area contributed by atoms with Crippen molar-refractivity contribution in [1.82, 2.24) is 19.7 Å². The van der Waals surface area contributed by atoms with Gasteiger partial charge >= 0.3 is 6.18 Å². The van der Waals surface area contributed by atoms with E-state index >= 15 is 0 Å². The van der Waals surface area contributed by atoms with Gasteiger partial charge in [-0.2, -0.15) is 18.3 Å². The second-order valence-electron chi connectivity index (χ2n) is 9.92. The zero-order valence-corrected chi connectivity index (χ0v) is 23.1. The van der Waals surface area contributed by atoms with Gasteiger partial charge in [0.1, 0.15) is 17.3 Å². The van der Waals surface area contributed by atoms with Crippen molar-refractivity contribution in [3.63, 3.8) is 0 Å². The molecular formula is C29H30F3N5O5. The summed E-state index contributed by atoms with van der Waals surface area (Å²) in [7, 11) is 3.07. The molecule has 3 heterocycles. The highest BCUT2D eigenvalue weighted by Gasteiger charge is 2.30. The van der Waals surface area contributed by atoms with Crippen LogP contribution in [-0.2, 0) is 6.54 Å². The molecule has 1 fully saturated rings. The highest BCUT2D eigenvalue weighted by Crippen LogP contribution is 2.37. The van der Waals surface area contributed by atoms with Crippen LogP contribution in [0.4, 0.5) is 19.0 Å². The summed E-state index contributed by atoms with van der Waals surface area (Å²) in [6.45, 7) is -1.05. The molecule has 0 spiro atoms. The Labute approximate surface area is 239 Å². The minimum Gasteiger partial charge on any atom is -0.493 e. The molecule has 0 unspecified atom stereocenters. The molecule has 0 saturated heterocycles. The number of amides is 1. The van der Waals surface area contributed by atoms with E-state index in [1.165, 1.54) is 50.2 Å². The number of hydrogen-bond acceptors (Lipinski definition) is 8. The molecule has 1 N–H and O–H groups in total. The van der Waals surface area contributed by atoms with E-state index in [1.807, 2.05) is 0 Å². The van der Waals surface area contributed by atoms with Crippen molar-refractivity contribution in [2.24, 2.45) is 5.92 Å². The first-order valence-corrected chi connectivity index (χ1v) is 13.5. The summed E-state index contributed by atoms with van der Waals surface area (Å²) in [6, 6.07) is 8.28. The highest BCUT2D eigenvalue weighted by atomic mass is 19.4. The third-order valence-corrected chi connectivity index (χ3v) is 6.99. The first-order valence-electron chi connectivity index (χ1n) is 13.5. The number of benzene rings is 1. The van der Waals surface area contributed by atoms with Crippen molar-refractivity contribution < 1.29 is 36.9 Å². The van der Waals surface area contributed by atoms with Gasteiger partial charge in [-0.1, -0.05) is 25.7 Å². The molecule has 1 aliphatic rings. The van der Waals surface area contributed by atoms with E-state index in [4.69, 9.17) is 18.9 Å². The van der Waals surface area contributed by atoms with Gasteiger partial charge < -0.3 is 24.3 Å². The van der Waals surface area contributed by atoms with Crippen LogP contribution in [0, 0.1) is 5.92 Å². The lowest BCUT2D eigenvalue weighted by atomic mass is 10.0. The molecule has 4 aromatic rings. The minimum atomic E-state index is -4.56. The number of carbonyl (C=O) groups excluding carboxylic acids is 1. The summed E-state index contributed by atoms with van der Waals surface area (Å²) in [6.07, 6.45) is 5.21. The van der Waals surface area contributed by atoms with Gasteiger partial charge in [-0.25, -0.2) is 4.98 Å². The summed E-state index contributed by atoms with van der Waals surface area (Å²) >= 11 is 0. The SMILES string of the molecule is COc1cc2nccc(Oc3ccc(NC(=O)c4nn(CCC5CCCC5)cc4OCC(F)(F)F)nc3)c2cc1OC. The maximum atomic E-state index is 13.0. The van der Waals surface area contributed by atoms with E-state index in [-0.39, 0.29) is 17.3 Å². The van der Waals surface area contributed by atoms with Crippen molar-refractivity contribution in [2.75, 3.05) is 26.1 Å². The molecule has 222 valence electrons. The van der Waals surface area contributed by atoms with E-state index in [1.54, 1.807) is 30.5 Å². The van der Waals surface area contributed by atoms with Gasteiger partial charge in [0, 0.05) is 24.2 Å². The second-order valence-corrected chi connectivity index (χ2v) is 9.92. The minimum absolute atomic E-state index is 0.153. The molecule has 1 saturated carbocycles. The molecule has 13 heteroatoms. The number of fused-ring (bicyclic) bond motifs is 1. The van der Waals surface area contributed by atoms with Crippen LogP contribution in [0.1, 0.15) is 42.6 Å². The van der Waals surface area contributed by atoms with Crippen LogP contribution in [0.15, 0.2) is 48.9 Å². The van der Waals surface area contributed by atoms with Crippen LogP contribution >= 0.6 is 0 Å². The van der Waals surface area contributed by atoms with Crippen LogP contribution < -0.4 is 24.3 Å². The van der Waals surface area contributed by atoms with Gasteiger partial charge in [-0.3, -0.25) is 14.5 Å². The third kappa shape index (κ3) is 7.01. The molecule has 0 atom stereocenters. The Hall–Kier alpha value is -4.55. The quantitative estimate of drug-likeness (QED) is 0.215. The van der Waals surface area contributed by atoms with Crippen LogP contribution in [0.25, 0.3) is 10.9 Å². The number of nitrogens with zero attached hydrogens (tertiary/aromatic N) is 4. The normalized spacial score (nSPS) is 13.7. The largest absolute Gasteiger partial charge is 0.493 e. The number of nitrogens with one attached hydrogen (secondary N) is 1. The summed E-state index contributed by atoms with van der Waals surface area (Å²) < 4.78 is 61.7. The zero-order chi connectivity index (χ0) is 29.7. The Bertz CT molecular complexity index is 1540. The number of anilines is 1. The summed E-state index contributed by atoms with van der Waals surface area (Å²) in [5, 5.41) is 7.49. The number of carbonyl (C=O) groups is 1. The average Bonchev–Trinajstić information content (AvgIpc) is 3.65. The summed E-state index contributed by atoms with van der Waals surface area (Å²) in [5.41, 5.74) is 0.383. The monoisotopic (exact) mass is 585 g/mol. The van der Waals surface area contributed by atoms with Gasteiger partial charge in [-0.05, 0) is 36.6 Å². The number of methoxy groups -OCH3 is 2. The van der Waals surface area contributed by atoms with E-state index in [0.29, 0.717) is 46.4 Å². The number of aryl methyl sites for hydroxylation is 1. The fraction of sp³-hybridized carbons (Fsp3) is 0.379. The summed E-state index contributed by atoms with van der Waals surface area (Å²) in [5.74, 6) is 1.63. The maximum absolute atomic E-state index is 13.0. The topological polar surface area (TPSA) is 110 Å². The average molecular weight is 586 g/mol. The molecule has 1 aliphatic carbocycles. The number of rotatable bonds is 11. The number of aromatic nitrogens is 4. The summed E-state index contributed by atoms with van der Waals surface area (Å²) in [4.78, 5) is 21.6. The molecular weight excluding hydrogens is 555 g/mol. The van der Waals surface area contributed by atoms with Crippen LogP contribution in [0.2, 0.25) is 0 Å². The van der Waals surface area contributed by atoms with Crippen molar-refractivity contribution in [2.45, 2.75) is 44.8 Å². The Morgan fingerprint density at radius 3 is 2.48 bits per heavy atom. The van der Waals surface area contributed by atoms with Crippen molar-refractivity contribution >= 4 is 22.6 Å². The van der Waals surface area contributed by atoms with Crippen LogP contribution in [0.3, 0.4) is 0 Å². The number of pyridine rings is 2. The Morgan fingerprint density at radius 2 is 1.79 bits per heavy atom. The molecule has 1 aromatic carbocycles. The standard InChI is InChI=1S/C29H30F3N5O5/c1-39-23-13-20-21(14-24(23)40-2)33-11-9-22(20)42-19-7-8-26(34-15-19)35-28(38)27-25(41-17-29(30,31)32)16-37(36-27)12-10-18-5-3-4-6-18/h7-9,11,13-16,18H,3-6,10,12,17H2,1-2H3,(H,34,35,38). The van der Waals surface area contributed by atoms with E-state index in [0.717, 1.165) is 19.3 Å². The molecule has 0 bridgehead atoms. The smallest absolute Gasteiger partial charge is 0.422 e. The van der Waals surface area contributed by atoms with Crippen LogP contribution in [-0.4, -0.2) is 52.7 Å². The number of ether oxygens (including phenoxy) is 4. The van der Waals surface area contributed by atoms with Gasteiger partial charge in [0.25, 0.3) is 5.91 Å². The molecule has 0 radical (unpaired) electrons. The Morgan fingerprint density at radius 1 is 1.02 bits per heavy atom. The molecule has 5 rings (SSSR count). The van der Waals surface area contributed by atoms with E-state index in [9.17, 15) is 18.0 Å². The third-order valence-electron chi connectivity index (χ3n) is 6.99. The van der Waals surface area contributed by atoms with Crippen molar-refractivity contribution in [1.29, 1.82) is 0 Å². The second kappa shape index (κ2) is 12.5. The highest BCUT2D eigenvalue weighted by molar-refractivity contribution is 6.04. The van der Waals surface area contributed by atoms with E-state index in [2.05, 4.69) is 20.4 Å². The molecule has 10 nitrogen and oxygen atoms in total. The molecule has 3 aromatic heterocycles. The maximum Gasteiger partial charge on any atom is 0.422 e. The predicted octanol–water partition coefficient (Wildman–Crippen LogP) is 6.41. The lowest BCUT2D eigenvalue weighted by Gasteiger charge is -2.12. The molecule has 1 amide bonds. The Balaban J connectivity index is 1.29. The fourth-order valence-corrected chi connectivity index (χ4v) is 4.91. The van der Waals surface area contributed by atoms with E-state index < -0.39 is 18.7 Å². The van der Waals surface area contributed by atoms with Crippen molar-refractivity contribution in [3.8, 4) is 28.7 Å². The molecule has 42 heavy (non-hydrogen) atoms. The van der Waals surface area contributed by atoms with Gasteiger partial charge in [0.2, 0.25) is 0 Å². The Kier molecular flexibility index (Phi) is 8.64. The van der Waals surface area contributed by atoms with Gasteiger partial charge in [-0.15, -0.1) is 0 Å². The lowest BCUT2D eigenvalue weighted by Crippen LogP contribution is -2.21.